The molecule has 3 aliphatic rings. The number of fused-ring (bicyclic) bond motifs is 4. The Morgan fingerprint density at radius 1 is 0.960 bits per heavy atom. The highest BCUT2D eigenvalue weighted by atomic mass is 16.3. The molecule has 0 aliphatic carbocycles. The Hall–Kier alpha value is -2.23. The molecule has 0 spiro atoms. The lowest BCUT2D eigenvalue weighted by Crippen LogP contribution is -2.57. The molecule has 0 radical (unpaired) electrons. The molecule has 4 heterocycles. The minimum absolute atomic E-state index is 0.398. The number of pyridine rings is 1. The molecule has 0 amide bonds. The minimum atomic E-state index is -0.678. The van der Waals surface area contributed by atoms with Crippen LogP contribution in [0.5, 0.6) is 0 Å². The summed E-state index contributed by atoms with van der Waals surface area (Å²) in [5, 5.41) is 12.4. The molecule has 126 valence electrons. The zero-order valence-corrected chi connectivity index (χ0v) is 14.2. The lowest BCUT2D eigenvalue weighted by atomic mass is 9.71. The van der Waals surface area contributed by atoms with E-state index < -0.39 is 5.60 Å². The maximum Gasteiger partial charge on any atom is 0.105 e. The number of hydrogen-bond donors (Lipinski definition) is 1. The molecule has 3 nitrogen and oxygen atoms in total. The molecule has 1 aromatic heterocycles. The van der Waals surface area contributed by atoms with Crippen molar-refractivity contribution in [2.45, 2.75) is 18.4 Å². The molecule has 2 aromatic carbocycles. The molecule has 25 heavy (non-hydrogen) atoms. The second-order valence-corrected chi connectivity index (χ2v) is 7.46. The molecule has 2 bridgehead atoms. The molecule has 0 saturated carbocycles. The maximum absolute atomic E-state index is 11.3. The quantitative estimate of drug-likeness (QED) is 0.776. The average Bonchev–Trinajstić information content (AvgIpc) is 2.68. The van der Waals surface area contributed by atoms with E-state index in [0.717, 1.165) is 48.9 Å². The summed E-state index contributed by atoms with van der Waals surface area (Å²) in [4.78, 5) is 6.78. The van der Waals surface area contributed by atoms with E-state index in [1.54, 1.807) is 0 Å². The molecule has 6 rings (SSSR count). The van der Waals surface area contributed by atoms with Crippen molar-refractivity contribution in [3.8, 4) is 11.1 Å². The highest BCUT2D eigenvalue weighted by Gasteiger charge is 2.46. The Balaban J connectivity index is 1.48. The highest BCUT2D eigenvalue weighted by Crippen LogP contribution is 2.42. The summed E-state index contributed by atoms with van der Waals surface area (Å²) < 4.78 is 0. The van der Waals surface area contributed by atoms with Gasteiger partial charge in [0.2, 0.25) is 0 Å². The zero-order chi connectivity index (χ0) is 16.9. The number of rotatable bonds is 2. The number of piperidine rings is 3. The first-order valence-corrected chi connectivity index (χ1v) is 9.13. The van der Waals surface area contributed by atoms with Gasteiger partial charge in [-0.05, 0) is 66.7 Å². The van der Waals surface area contributed by atoms with Crippen LogP contribution < -0.4 is 0 Å². The van der Waals surface area contributed by atoms with Crippen LogP contribution in [0.4, 0.5) is 0 Å². The first kappa shape index (κ1) is 15.1. The van der Waals surface area contributed by atoms with Gasteiger partial charge in [0.25, 0.3) is 0 Å². The van der Waals surface area contributed by atoms with Crippen LogP contribution in [0.15, 0.2) is 60.8 Å². The summed E-state index contributed by atoms with van der Waals surface area (Å²) in [6.07, 6.45) is 4.04. The summed E-state index contributed by atoms with van der Waals surface area (Å²) in [6.45, 7) is 3.05. The molecule has 1 atom stereocenters. The van der Waals surface area contributed by atoms with Crippen molar-refractivity contribution in [2.75, 3.05) is 19.6 Å². The number of aromatic nitrogens is 1. The smallest absolute Gasteiger partial charge is 0.105 e. The maximum atomic E-state index is 11.3. The fourth-order valence-corrected chi connectivity index (χ4v) is 4.57. The zero-order valence-electron chi connectivity index (χ0n) is 14.2. The van der Waals surface area contributed by atoms with Gasteiger partial charge in [-0.2, -0.15) is 0 Å². The van der Waals surface area contributed by atoms with Gasteiger partial charge in [-0.3, -0.25) is 4.98 Å². The molecule has 3 aliphatic heterocycles. The third-order valence-electron chi connectivity index (χ3n) is 6.05. The Morgan fingerprint density at radius 3 is 2.44 bits per heavy atom. The third kappa shape index (κ3) is 2.46. The van der Waals surface area contributed by atoms with E-state index in [9.17, 15) is 5.11 Å². The van der Waals surface area contributed by atoms with Crippen LogP contribution in [0.2, 0.25) is 0 Å². The van der Waals surface area contributed by atoms with Gasteiger partial charge in [-0.15, -0.1) is 0 Å². The lowest BCUT2D eigenvalue weighted by molar-refractivity contribution is -0.117. The van der Waals surface area contributed by atoms with Gasteiger partial charge in [0, 0.05) is 18.1 Å². The van der Waals surface area contributed by atoms with E-state index in [1.165, 1.54) is 11.1 Å². The Labute approximate surface area is 147 Å². The van der Waals surface area contributed by atoms with E-state index >= 15 is 0 Å². The average molecular weight is 330 g/mol. The Bertz CT molecular complexity index is 913. The Morgan fingerprint density at radius 2 is 1.72 bits per heavy atom. The van der Waals surface area contributed by atoms with Crippen LogP contribution >= 0.6 is 0 Å². The van der Waals surface area contributed by atoms with Crippen LogP contribution in [0, 0.1) is 5.92 Å². The van der Waals surface area contributed by atoms with Crippen molar-refractivity contribution in [1.82, 2.24) is 9.88 Å². The molecule has 3 aromatic rings. The highest BCUT2D eigenvalue weighted by molar-refractivity contribution is 5.84. The van der Waals surface area contributed by atoms with Crippen LogP contribution in [0.1, 0.15) is 18.4 Å². The Kier molecular flexibility index (Phi) is 3.40. The minimum Gasteiger partial charge on any atom is -0.384 e. The van der Waals surface area contributed by atoms with E-state index in [0.29, 0.717) is 5.92 Å². The summed E-state index contributed by atoms with van der Waals surface area (Å²) in [5.41, 5.74) is 3.77. The third-order valence-corrected chi connectivity index (χ3v) is 6.05. The van der Waals surface area contributed by atoms with E-state index in [1.807, 2.05) is 12.3 Å². The summed E-state index contributed by atoms with van der Waals surface area (Å²) in [6, 6.07) is 18.9. The van der Waals surface area contributed by atoms with Gasteiger partial charge in [-0.25, -0.2) is 0 Å². The summed E-state index contributed by atoms with van der Waals surface area (Å²) >= 11 is 0. The second-order valence-electron chi connectivity index (χ2n) is 7.46. The van der Waals surface area contributed by atoms with Crippen molar-refractivity contribution < 1.29 is 5.11 Å². The van der Waals surface area contributed by atoms with Gasteiger partial charge in [0.15, 0.2) is 0 Å². The normalized spacial score (nSPS) is 28.4. The van der Waals surface area contributed by atoms with Crippen LogP contribution in [-0.4, -0.2) is 34.6 Å². The van der Waals surface area contributed by atoms with Crippen molar-refractivity contribution in [3.63, 3.8) is 0 Å². The first-order chi connectivity index (χ1) is 12.2. The topological polar surface area (TPSA) is 36.4 Å². The van der Waals surface area contributed by atoms with E-state index in [2.05, 4.69) is 58.4 Å². The van der Waals surface area contributed by atoms with Gasteiger partial charge in [0.05, 0.1) is 5.52 Å². The second kappa shape index (κ2) is 5.65. The van der Waals surface area contributed by atoms with Crippen molar-refractivity contribution >= 4 is 10.9 Å². The van der Waals surface area contributed by atoms with Crippen LogP contribution in [0.25, 0.3) is 22.0 Å². The lowest BCUT2D eigenvalue weighted by Gasteiger charge is -2.50. The number of nitrogens with zero attached hydrogens (tertiary/aromatic N) is 2. The first-order valence-electron chi connectivity index (χ1n) is 9.13. The fraction of sp³-hybridized carbons (Fsp3) is 0.318. The van der Waals surface area contributed by atoms with Crippen LogP contribution in [-0.2, 0) is 5.60 Å². The number of benzene rings is 2. The van der Waals surface area contributed by atoms with Gasteiger partial charge in [0.1, 0.15) is 5.60 Å². The molecular formula is C22H22N2O. The molecule has 3 fully saturated rings. The summed E-state index contributed by atoms with van der Waals surface area (Å²) in [5.74, 6) is 0.398. The van der Waals surface area contributed by atoms with Gasteiger partial charge < -0.3 is 10.0 Å². The summed E-state index contributed by atoms with van der Waals surface area (Å²) in [7, 11) is 0. The van der Waals surface area contributed by atoms with E-state index in [4.69, 9.17) is 0 Å². The molecule has 3 saturated heterocycles. The number of hydrogen-bond acceptors (Lipinski definition) is 3. The van der Waals surface area contributed by atoms with E-state index in [-0.39, 0.29) is 0 Å². The standard InChI is InChI=1S/C22H22N2O/c25-22(15-24-12-9-20(22)10-13-24)19-6-3-16(4-7-19)17-5-8-21-18(14-17)2-1-11-23-21/h1-8,11,14,20,25H,9-10,12-13,15H2/t22-/m1/s1. The van der Waals surface area contributed by atoms with Crippen molar-refractivity contribution in [2.24, 2.45) is 5.92 Å². The number of aliphatic hydroxyl groups is 1. The fourth-order valence-electron chi connectivity index (χ4n) is 4.57. The van der Waals surface area contributed by atoms with Gasteiger partial charge >= 0.3 is 0 Å². The SMILES string of the molecule is O[C@@]1(c2ccc(-c3ccc4ncccc4c3)cc2)CN2CCC1CC2. The molecular weight excluding hydrogens is 308 g/mol. The largest absolute Gasteiger partial charge is 0.384 e. The van der Waals surface area contributed by atoms with Crippen molar-refractivity contribution in [3.05, 3.63) is 66.4 Å². The predicted molar refractivity (Wildman–Crippen MR) is 100 cm³/mol. The van der Waals surface area contributed by atoms with Gasteiger partial charge in [-0.1, -0.05) is 36.4 Å². The monoisotopic (exact) mass is 330 g/mol. The predicted octanol–water partition coefficient (Wildman–Crippen LogP) is 3.82. The van der Waals surface area contributed by atoms with Crippen molar-refractivity contribution in [1.29, 1.82) is 0 Å². The van der Waals surface area contributed by atoms with Crippen LogP contribution in [0.3, 0.4) is 0 Å². The molecule has 0 unspecified atom stereocenters. The molecule has 1 N–H and O–H groups in total. The molecule has 3 heteroatoms.